The SMILES string of the molecule is CCNC(=O)[C@@H](C)N(Cc1ccccc1)C(=O)CN(c1cc(C)ccc1C)S(=O)(=O)N(C)C. The number of benzene rings is 2. The third-order valence-electron chi connectivity index (χ3n) is 5.37. The molecule has 33 heavy (non-hydrogen) atoms. The Hall–Kier alpha value is -2.91. The molecule has 1 N–H and O–H groups in total. The van der Waals surface area contributed by atoms with E-state index in [9.17, 15) is 18.0 Å². The van der Waals surface area contributed by atoms with Gasteiger partial charge in [0.05, 0.1) is 5.69 Å². The van der Waals surface area contributed by atoms with Gasteiger partial charge in [0.1, 0.15) is 12.6 Å². The van der Waals surface area contributed by atoms with Crippen molar-refractivity contribution in [2.75, 3.05) is 31.5 Å². The van der Waals surface area contributed by atoms with Gasteiger partial charge in [-0.25, -0.2) is 4.31 Å². The minimum Gasteiger partial charge on any atom is -0.355 e. The summed E-state index contributed by atoms with van der Waals surface area (Å²) in [7, 11) is -1.12. The molecule has 0 aliphatic carbocycles. The van der Waals surface area contributed by atoms with E-state index in [4.69, 9.17) is 0 Å². The fraction of sp³-hybridized carbons (Fsp3) is 0.417. The first-order valence-electron chi connectivity index (χ1n) is 10.9. The summed E-state index contributed by atoms with van der Waals surface area (Å²) in [5.41, 5.74) is 2.88. The van der Waals surface area contributed by atoms with Gasteiger partial charge in [0, 0.05) is 27.2 Å². The van der Waals surface area contributed by atoms with Gasteiger partial charge in [-0.15, -0.1) is 0 Å². The lowest BCUT2D eigenvalue weighted by atomic mass is 10.1. The van der Waals surface area contributed by atoms with Crippen LogP contribution >= 0.6 is 0 Å². The minimum absolute atomic E-state index is 0.181. The topological polar surface area (TPSA) is 90.0 Å². The zero-order valence-electron chi connectivity index (χ0n) is 20.2. The number of likely N-dealkylation sites (N-methyl/N-ethyl adjacent to an activating group) is 1. The summed E-state index contributed by atoms with van der Waals surface area (Å²) < 4.78 is 28.6. The number of aryl methyl sites for hydroxylation is 2. The fourth-order valence-electron chi connectivity index (χ4n) is 3.37. The van der Waals surface area contributed by atoms with E-state index in [1.165, 1.54) is 19.0 Å². The van der Waals surface area contributed by atoms with Gasteiger partial charge < -0.3 is 10.2 Å². The highest BCUT2D eigenvalue weighted by molar-refractivity contribution is 7.90. The maximum atomic E-state index is 13.6. The molecule has 9 heteroatoms. The average molecular weight is 475 g/mol. The number of nitrogens with zero attached hydrogens (tertiary/aromatic N) is 3. The van der Waals surface area contributed by atoms with E-state index < -0.39 is 28.7 Å². The summed E-state index contributed by atoms with van der Waals surface area (Å²) in [6.45, 7) is 7.30. The Morgan fingerprint density at radius 2 is 1.67 bits per heavy atom. The molecule has 2 aromatic carbocycles. The maximum Gasteiger partial charge on any atom is 0.304 e. The molecule has 1 atom stereocenters. The standard InChI is InChI=1S/C24H34N4O4S/c1-7-25-24(30)20(4)27(16-21-11-9-8-10-12-21)23(29)17-28(33(31,32)26(5)6)22-15-18(2)13-14-19(22)3/h8-15,20H,7,16-17H2,1-6H3,(H,25,30)/t20-/m1/s1. The molecule has 2 aromatic rings. The Bertz CT molecular complexity index is 1070. The molecule has 0 fully saturated rings. The molecule has 0 spiro atoms. The quantitative estimate of drug-likeness (QED) is 0.573. The van der Waals surface area contributed by atoms with Crippen molar-refractivity contribution in [3.05, 3.63) is 65.2 Å². The van der Waals surface area contributed by atoms with Gasteiger partial charge in [-0.2, -0.15) is 12.7 Å². The van der Waals surface area contributed by atoms with Crippen LogP contribution in [0.5, 0.6) is 0 Å². The summed E-state index contributed by atoms with van der Waals surface area (Å²) in [5, 5.41) is 2.74. The van der Waals surface area contributed by atoms with Crippen molar-refractivity contribution in [2.24, 2.45) is 0 Å². The molecule has 0 saturated heterocycles. The van der Waals surface area contributed by atoms with Crippen molar-refractivity contribution in [1.29, 1.82) is 0 Å². The predicted octanol–water partition coefficient (Wildman–Crippen LogP) is 2.47. The molecule has 0 heterocycles. The third-order valence-corrected chi connectivity index (χ3v) is 7.17. The predicted molar refractivity (Wildman–Crippen MR) is 131 cm³/mol. The van der Waals surface area contributed by atoms with Gasteiger partial charge in [0.2, 0.25) is 11.8 Å². The average Bonchev–Trinajstić information content (AvgIpc) is 2.77. The van der Waals surface area contributed by atoms with Crippen LogP contribution in [0, 0.1) is 13.8 Å². The number of carbonyl (C=O) groups excluding carboxylic acids is 2. The van der Waals surface area contributed by atoms with E-state index in [1.807, 2.05) is 49.4 Å². The van der Waals surface area contributed by atoms with Gasteiger partial charge in [-0.05, 0) is 50.5 Å². The van der Waals surface area contributed by atoms with E-state index >= 15 is 0 Å². The van der Waals surface area contributed by atoms with Crippen molar-refractivity contribution >= 4 is 27.7 Å². The molecule has 0 bridgehead atoms. The summed E-state index contributed by atoms with van der Waals surface area (Å²) in [6, 6.07) is 14.0. The van der Waals surface area contributed by atoms with E-state index in [1.54, 1.807) is 26.8 Å². The Kier molecular flexibility index (Phi) is 9.01. The van der Waals surface area contributed by atoms with E-state index in [0.717, 1.165) is 25.3 Å². The highest BCUT2D eigenvalue weighted by atomic mass is 32.2. The van der Waals surface area contributed by atoms with Crippen LogP contribution in [0.2, 0.25) is 0 Å². The molecule has 0 saturated carbocycles. The van der Waals surface area contributed by atoms with Gasteiger partial charge in [-0.1, -0.05) is 42.5 Å². The summed E-state index contributed by atoms with van der Waals surface area (Å²) >= 11 is 0. The Labute approximate surface area is 197 Å². The van der Waals surface area contributed by atoms with Crippen molar-refractivity contribution in [1.82, 2.24) is 14.5 Å². The van der Waals surface area contributed by atoms with E-state index in [0.29, 0.717) is 12.2 Å². The van der Waals surface area contributed by atoms with Gasteiger partial charge in [0.25, 0.3) is 0 Å². The lowest BCUT2D eigenvalue weighted by Crippen LogP contribution is -2.52. The van der Waals surface area contributed by atoms with Gasteiger partial charge >= 0.3 is 10.2 Å². The van der Waals surface area contributed by atoms with Crippen LogP contribution in [0.25, 0.3) is 0 Å². The normalized spacial score (nSPS) is 12.3. The number of rotatable bonds is 10. The van der Waals surface area contributed by atoms with Gasteiger partial charge in [-0.3, -0.25) is 9.59 Å². The van der Waals surface area contributed by atoms with Crippen LogP contribution in [0.1, 0.15) is 30.5 Å². The molecule has 0 unspecified atom stereocenters. The Balaban J connectivity index is 2.48. The van der Waals surface area contributed by atoms with Gasteiger partial charge in [0.15, 0.2) is 0 Å². The molecule has 0 aliphatic rings. The molecule has 2 amide bonds. The van der Waals surface area contributed by atoms with Crippen molar-refractivity contribution in [3.63, 3.8) is 0 Å². The lowest BCUT2D eigenvalue weighted by Gasteiger charge is -2.33. The Morgan fingerprint density at radius 1 is 1.03 bits per heavy atom. The summed E-state index contributed by atoms with van der Waals surface area (Å²) in [4.78, 5) is 27.6. The molecule has 0 aromatic heterocycles. The second-order valence-corrected chi connectivity index (χ2v) is 10.2. The van der Waals surface area contributed by atoms with Crippen LogP contribution in [-0.4, -0.2) is 62.7 Å². The van der Waals surface area contributed by atoms with E-state index in [2.05, 4.69) is 5.32 Å². The minimum atomic E-state index is -3.97. The lowest BCUT2D eigenvalue weighted by molar-refractivity contribution is -0.139. The third kappa shape index (κ3) is 6.55. The summed E-state index contributed by atoms with van der Waals surface area (Å²) in [5.74, 6) is -0.764. The zero-order chi connectivity index (χ0) is 24.8. The largest absolute Gasteiger partial charge is 0.355 e. The first-order chi connectivity index (χ1) is 15.5. The van der Waals surface area contributed by atoms with Crippen LogP contribution in [0.15, 0.2) is 48.5 Å². The fourth-order valence-corrected chi connectivity index (χ4v) is 4.49. The molecule has 0 radical (unpaired) electrons. The second kappa shape index (κ2) is 11.3. The smallest absolute Gasteiger partial charge is 0.304 e. The highest BCUT2D eigenvalue weighted by Gasteiger charge is 2.33. The molecule has 2 rings (SSSR count). The number of amides is 2. The number of hydrogen-bond acceptors (Lipinski definition) is 4. The van der Waals surface area contributed by atoms with Crippen LogP contribution in [0.3, 0.4) is 0 Å². The van der Waals surface area contributed by atoms with Crippen LogP contribution < -0.4 is 9.62 Å². The monoisotopic (exact) mass is 474 g/mol. The number of carbonyl (C=O) groups is 2. The number of nitrogens with one attached hydrogen (secondary N) is 1. The first-order valence-corrected chi connectivity index (χ1v) is 12.3. The van der Waals surface area contributed by atoms with Crippen molar-refractivity contribution in [2.45, 2.75) is 40.3 Å². The zero-order valence-corrected chi connectivity index (χ0v) is 21.0. The highest BCUT2D eigenvalue weighted by Crippen LogP contribution is 2.26. The van der Waals surface area contributed by atoms with Crippen molar-refractivity contribution in [3.8, 4) is 0 Å². The molecule has 180 valence electrons. The number of anilines is 1. The molecular formula is C24H34N4O4S. The van der Waals surface area contributed by atoms with Crippen molar-refractivity contribution < 1.29 is 18.0 Å². The number of hydrogen-bond donors (Lipinski definition) is 1. The summed E-state index contributed by atoms with van der Waals surface area (Å²) in [6.07, 6.45) is 0. The molecular weight excluding hydrogens is 440 g/mol. The maximum absolute atomic E-state index is 13.6. The van der Waals surface area contributed by atoms with E-state index in [-0.39, 0.29) is 12.5 Å². The van der Waals surface area contributed by atoms with Crippen LogP contribution in [0.4, 0.5) is 5.69 Å². The molecule has 0 aliphatic heterocycles. The Morgan fingerprint density at radius 3 is 2.24 bits per heavy atom. The van der Waals surface area contributed by atoms with Crippen LogP contribution in [-0.2, 0) is 26.3 Å². The first kappa shape index (κ1) is 26.3. The molecule has 8 nitrogen and oxygen atoms in total. The second-order valence-electron chi connectivity index (χ2n) is 8.16.